The highest BCUT2D eigenvalue weighted by Gasteiger charge is 2.20. The highest BCUT2D eigenvalue weighted by molar-refractivity contribution is 7.09. The molecule has 0 saturated carbocycles. The van der Waals surface area contributed by atoms with Crippen LogP contribution in [0.1, 0.15) is 11.8 Å². The van der Waals surface area contributed by atoms with Crippen molar-refractivity contribution in [2.75, 3.05) is 39.8 Å². The number of hydrogen-bond acceptors (Lipinski definition) is 4. The number of likely N-dealkylation sites (N-methyl/N-ethyl adjacent to an activating group) is 1. The maximum Gasteiger partial charge on any atom is 0.0300 e. The van der Waals surface area contributed by atoms with Crippen molar-refractivity contribution >= 4 is 11.3 Å². The number of thiophene rings is 1. The van der Waals surface area contributed by atoms with Crippen LogP contribution >= 0.6 is 11.3 Å². The minimum atomic E-state index is 0.692. The van der Waals surface area contributed by atoms with Crippen LogP contribution in [0.5, 0.6) is 0 Å². The van der Waals surface area contributed by atoms with E-state index in [1.54, 1.807) is 0 Å². The first-order valence-corrected chi connectivity index (χ1v) is 7.29. The number of hydrogen-bond donors (Lipinski definition) is 1. The molecule has 1 aromatic rings. The van der Waals surface area contributed by atoms with E-state index in [1.165, 1.54) is 31.1 Å². The molecule has 1 aliphatic rings. The van der Waals surface area contributed by atoms with Crippen molar-refractivity contribution in [2.24, 2.45) is 0 Å². The van der Waals surface area contributed by atoms with E-state index in [1.807, 2.05) is 11.3 Å². The minimum absolute atomic E-state index is 0.692. The fraction of sp³-hybridized carbons (Fsp3) is 0.692. The first-order chi connectivity index (χ1) is 8.25. The highest BCUT2D eigenvalue weighted by Crippen LogP contribution is 2.08. The van der Waals surface area contributed by atoms with Crippen molar-refractivity contribution in [1.29, 1.82) is 0 Å². The summed E-state index contributed by atoms with van der Waals surface area (Å²) in [6.45, 7) is 9.21. The van der Waals surface area contributed by atoms with Crippen molar-refractivity contribution in [3.63, 3.8) is 0 Å². The molecule has 0 spiro atoms. The minimum Gasteiger partial charge on any atom is -0.311 e. The van der Waals surface area contributed by atoms with Gasteiger partial charge in [0.25, 0.3) is 0 Å². The number of rotatable bonds is 5. The molecule has 1 N–H and O–H groups in total. The van der Waals surface area contributed by atoms with Crippen molar-refractivity contribution in [2.45, 2.75) is 19.5 Å². The van der Waals surface area contributed by atoms with Gasteiger partial charge in [-0.25, -0.2) is 0 Å². The summed E-state index contributed by atoms with van der Waals surface area (Å²) in [5.74, 6) is 0. The zero-order valence-electron chi connectivity index (χ0n) is 10.9. The number of nitrogens with one attached hydrogen (secondary N) is 1. The second kappa shape index (κ2) is 6.50. The predicted octanol–water partition coefficient (Wildman–Crippen LogP) is 1.47. The molecule has 0 radical (unpaired) electrons. The smallest absolute Gasteiger partial charge is 0.0300 e. The first-order valence-electron chi connectivity index (χ1n) is 6.41. The Morgan fingerprint density at radius 2 is 2.35 bits per heavy atom. The molecular weight excluding hydrogens is 230 g/mol. The van der Waals surface area contributed by atoms with E-state index in [2.05, 4.69) is 46.6 Å². The zero-order valence-corrected chi connectivity index (χ0v) is 11.7. The van der Waals surface area contributed by atoms with Gasteiger partial charge in [0.15, 0.2) is 0 Å². The highest BCUT2D eigenvalue weighted by atomic mass is 32.1. The van der Waals surface area contributed by atoms with Gasteiger partial charge in [0.2, 0.25) is 0 Å². The molecule has 1 aromatic heterocycles. The molecule has 4 heteroatoms. The van der Waals surface area contributed by atoms with E-state index >= 15 is 0 Å². The average molecular weight is 253 g/mol. The normalized spacial score (nSPS) is 23.1. The molecule has 17 heavy (non-hydrogen) atoms. The summed E-state index contributed by atoms with van der Waals surface area (Å²) in [5, 5.41) is 5.66. The van der Waals surface area contributed by atoms with Crippen LogP contribution in [0.25, 0.3) is 0 Å². The van der Waals surface area contributed by atoms with E-state index in [-0.39, 0.29) is 0 Å². The summed E-state index contributed by atoms with van der Waals surface area (Å²) >= 11 is 1.83. The molecule has 0 aliphatic carbocycles. The topological polar surface area (TPSA) is 18.5 Å². The Labute approximate surface area is 108 Å². The Kier molecular flexibility index (Phi) is 4.98. The van der Waals surface area contributed by atoms with Gasteiger partial charge in [-0.1, -0.05) is 6.07 Å². The Morgan fingerprint density at radius 1 is 1.47 bits per heavy atom. The van der Waals surface area contributed by atoms with Crippen LogP contribution < -0.4 is 5.32 Å². The van der Waals surface area contributed by atoms with E-state index in [4.69, 9.17) is 0 Å². The molecule has 0 aromatic carbocycles. The van der Waals surface area contributed by atoms with E-state index in [9.17, 15) is 0 Å². The fourth-order valence-electron chi connectivity index (χ4n) is 2.36. The fourth-order valence-corrected chi connectivity index (χ4v) is 3.03. The molecule has 1 fully saturated rings. The molecule has 96 valence electrons. The van der Waals surface area contributed by atoms with Crippen LogP contribution in [0.2, 0.25) is 0 Å². The molecule has 1 unspecified atom stereocenters. The third-order valence-corrected chi connectivity index (χ3v) is 4.30. The van der Waals surface area contributed by atoms with E-state index in [0.717, 1.165) is 13.1 Å². The van der Waals surface area contributed by atoms with E-state index < -0.39 is 0 Å². The summed E-state index contributed by atoms with van der Waals surface area (Å²) in [5.41, 5.74) is 0. The maximum absolute atomic E-state index is 3.52. The summed E-state index contributed by atoms with van der Waals surface area (Å²) in [4.78, 5) is 6.43. The Bertz CT molecular complexity index is 312. The SMILES string of the molecule is CC1CN(C)CCN1CCNCc1cccs1. The van der Waals surface area contributed by atoms with Crippen LogP contribution in [-0.4, -0.2) is 55.6 Å². The molecule has 1 atom stereocenters. The lowest BCUT2D eigenvalue weighted by Crippen LogP contribution is -2.51. The Balaban J connectivity index is 1.61. The van der Waals surface area contributed by atoms with Crippen LogP contribution in [0.4, 0.5) is 0 Å². The average Bonchev–Trinajstić information content (AvgIpc) is 2.79. The van der Waals surface area contributed by atoms with Gasteiger partial charge in [0, 0.05) is 50.2 Å². The quantitative estimate of drug-likeness (QED) is 0.802. The Hall–Kier alpha value is -0.420. The molecule has 0 bridgehead atoms. The molecule has 3 nitrogen and oxygen atoms in total. The van der Waals surface area contributed by atoms with E-state index in [0.29, 0.717) is 6.04 Å². The number of nitrogens with zero attached hydrogens (tertiary/aromatic N) is 2. The second-order valence-electron chi connectivity index (χ2n) is 4.90. The standard InChI is InChI=1S/C13H23N3S/c1-12-11-15(2)7-8-16(12)6-5-14-10-13-4-3-9-17-13/h3-4,9,12,14H,5-8,10-11H2,1-2H3. The zero-order chi connectivity index (χ0) is 12.1. The largest absolute Gasteiger partial charge is 0.311 e. The first kappa shape index (κ1) is 13.0. The third-order valence-electron chi connectivity index (χ3n) is 3.42. The van der Waals surface area contributed by atoms with Gasteiger partial charge in [-0.2, -0.15) is 0 Å². The van der Waals surface area contributed by atoms with Gasteiger partial charge in [-0.3, -0.25) is 4.90 Å². The lowest BCUT2D eigenvalue weighted by molar-refractivity contribution is 0.101. The summed E-state index contributed by atoms with van der Waals surface area (Å²) in [6, 6.07) is 5.00. The molecular formula is C13H23N3S. The van der Waals surface area contributed by atoms with Crippen LogP contribution in [0.3, 0.4) is 0 Å². The second-order valence-corrected chi connectivity index (χ2v) is 5.94. The Morgan fingerprint density at radius 3 is 3.06 bits per heavy atom. The molecule has 2 rings (SSSR count). The summed E-state index contributed by atoms with van der Waals surface area (Å²) in [7, 11) is 2.21. The monoisotopic (exact) mass is 253 g/mol. The van der Waals surface area contributed by atoms with Crippen molar-refractivity contribution in [1.82, 2.24) is 15.1 Å². The predicted molar refractivity (Wildman–Crippen MR) is 74.6 cm³/mol. The molecule has 2 heterocycles. The summed E-state index contributed by atoms with van der Waals surface area (Å²) in [6.07, 6.45) is 0. The van der Waals surface area contributed by atoms with Gasteiger partial charge in [0.05, 0.1) is 0 Å². The molecule has 1 aliphatic heterocycles. The van der Waals surface area contributed by atoms with Gasteiger partial charge >= 0.3 is 0 Å². The van der Waals surface area contributed by atoms with Gasteiger partial charge in [0.1, 0.15) is 0 Å². The summed E-state index contributed by atoms with van der Waals surface area (Å²) < 4.78 is 0. The van der Waals surface area contributed by atoms with Crippen molar-refractivity contribution in [3.05, 3.63) is 22.4 Å². The maximum atomic E-state index is 3.52. The van der Waals surface area contributed by atoms with Gasteiger partial charge in [-0.05, 0) is 25.4 Å². The lowest BCUT2D eigenvalue weighted by Gasteiger charge is -2.38. The lowest BCUT2D eigenvalue weighted by atomic mass is 10.2. The molecule has 1 saturated heterocycles. The van der Waals surface area contributed by atoms with Crippen molar-refractivity contribution in [3.8, 4) is 0 Å². The van der Waals surface area contributed by atoms with Crippen LogP contribution in [-0.2, 0) is 6.54 Å². The van der Waals surface area contributed by atoms with Crippen LogP contribution in [0, 0.1) is 0 Å². The van der Waals surface area contributed by atoms with Gasteiger partial charge < -0.3 is 10.2 Å². The third kappa shape index (κ3) is 4.07. The van der Waals surface area contributed by atoms with Crippen LogP contribution in [0.15, 0.2) is 17.5 Å². The van der Waals surface area contributed by atoms with Gasteiger partial charge in [-0.15, -0.1) is 11.3 Å². The molecule has 0 amide bonds. The number of piperazine rings is 1. The van der Waals surface area contributed by atoms with Crippen molar-refractivity contribution < 1.29 is 0 Å².